The lowest BCUT2D eigenvalue weighted by atomic mass is 9.89. The number of nitrogens with zero attached hydrogens (tertiary/aromatic N) is 7. The summed E-state index contributed by atoms with van der Waals surface area (Å²) >= 11 is 0. The number of aryl methyl sites for hydroxylation is 2. The quantitative estimate of drug-likeness (QED) is 0.0352. The van der Waals surface area contributed by atoms with Gasteiger partial charge in [0.1, 0.15) is 23.8 Å². The molecule has 6 heterocycles. The molecule has 25 nitrogen and oxygen atoms in total. The molecule has 6 amide bonds. The second-order valence-electron chi connectivity index (χ2n) is 29.6. The minimum atomic E-state index is -1.46. The normalized spacial score (nSPS) is 17.6. The van der Waals surface area contributed by atoms with E-state index in [4.69, 9.17) is 28.4 Å². The first-order valence-electron chi connectivity index (χ1n) is 37.5. The first-order chi connectivity index (χ1) is 52.6. The number of carbonyl (C=O) groups is 9. The van der Waals surface area contributed by atoms with Crippen LogP contribution < -0.4 is 44.1 Å². The van der Waals surface area contributed by atoms with Crippen LogP contribution in [0.2, 0.25) is 0 Å². The van der Waals surface area contributed by atoms with E-state index in [1.165, 1.54) is 7.11 Å². The lowest BCUT2D eigenvalue weighted by molar-refractivity contribution is -0.133. The van der Waals surface area contributed by atoms with Crippen LogP contribution in [0.1, 0.15) is 153 Å². The Balaban J connectivity index is 0.557. The molecule has 6 aliphatic rings. The fourth-order valence-electron chi connectivity index (χ4n) is 15.5. The third-order valence-corrected chi connectivity index (χ3v) is 22.0. The highest BCUT2D eigenvalue weighted by atomic mass is 16.6. The van der Waals surface area contributed by atoms with E-state index in [9.17, 15) is 48.3 Å². The van der Waals surface area contributed by atoms with Gasteiger partial charge in [0.25, 0.3) is 11.8 Å². The highest BCUT2D eigenvalue weighted by Gasteiger charge is 2.58. The third-order valence-electron chi connectivity index (χ3n) is 22.0. The molecule has 6 aromatic carbocycles. The number of hydrogen-bond donors (Lipinski definition) is 3. The number of anilines is 2. The number of carbonyl (C=O) groups excluding carboxylic acids is 9. The summed E-state index contributed by atoms with van der Waals surface area (Å²) in [5.41, 5.74) is 9.63. The van der Waals surface area contributed by atoms with Gasteiger partial charge in [-0.1, -0.05) is 97.9 Å². The Hall–Kier alpha value is -11.2. The van der Waals surface area contributed by atoms with Crippen LogP contribution in [0, 0.1) is 17.3 Å². The smallest absolute Gasteiger partial charge is 0.416 e. The molecule has 3 N–H and O–H groups in total. The highest BCUT2D eigenvalue weighted by Crippen LogP contribution is 2.57. The molecular formula is C84H93N9O16. The first-order valence-corrected chi connectivity index (χ1v) is 37.5. The molecule has 5 atom stereocenters. The van der Waals surface area contributed by atoms with Crippen molar-refractivity contribution in [3.05, 3.63) is 166 Å². The zero-order valence-corrected chi connectivity index (χ0v) is 62.6. The van der Waals surface area contributed by atoms with Crippen molar-refractivity contribution < 1.29 is 76.7 Å². The zero-order valence-electron chi connectivity index (χ0n) is 62.6. The van der Waals surface area contributed by atoms with Gasteiger partial charge < -0.3 is 58.9 Å². The van der Waals surface area contributed by atoms with Gasteiger partial charge in [0.15, 0.2) is 40.8 Å². The number of rotatable bonds is 30. The number of hydrogen-bond acceptors (Lipinski definition) is 18. The zero-order chi connectivity index (χ0) is 76.8. The van der Waals surface area contributed by atoms with E-state index in [-0.39, 0.29) is 134 Å². The van der Waals surface area contributed by atoms with Crippen molar-refractivity contribution in [2.45, 2.75) is 155 Å². The standard InChI is InChI=1S/C84H93N9O16/c1-50(2)64(40-60(95)45-85-75(97)31-27-59(94)28-32-76(98)91-46-56-15-9-10-16-62(56)77-78(89(4)88-87-77)63-17-11-12-18-67(63)91)79(99)86-51(3)70(96)37-52-19-21-53(22-20-52)48-109-83(103)93-68-43-74(72(106-7)42-66(68)81(101)92-49-84(33-34-84)44-69(92)82(93)102)108-36-14-8-13-35-107-73-39-55-23-26-58-38-57(54-24-29-61(104-5)30-25-54)47-90(58)80(100)65(55)41-71(73)105-6/h9-12,15-22,24-25,29-30,39,41-43,47,50-51,58,64,69,82,102H,8,13-14,23,26-28,31-38,40,44-46,48-49H2,1-7H3,(H,85,97)(H,86,99)/t51-,58+,64-,69-,82+/m0/s1. The predicted molar refractivity (Wildman–Crippen MR) is 405 cm³/mol. The second kappa shape index (κ2) is 33.1. The number of aliphatic hydroxyl groups excluding tert-OH is 1. The topological polar surface area (TPSA) is 297 Å². The number of fused-ring (bicyclic) bond motifs is 9. The van der Waals surface area contributed by atoms with E-state index in [1.54, 1.807) is 99.0 Å². The van der Waals surface area contributed by atoms with Crippen molar-refractivity contribution in [3.8, 4) is 51.3 Å². The van der Waals surface area contributed by atoms with Crippen LogP contribution in [0.4, 0.5) is 16.2 Å². The van der Waals surface area contributed by atoms with Crippen LogP contribution >= 0.6 is 0 Å². The fraction of sp³-hybridized carbons (Fsp3) is 0.417. The molecule has 2 fully saturated rings. The molecule has 1 saturated carbocycles. The summed E-state index contributed by atoms with van der Waals surface area (Å²) in [6.07, 6.45) is 5.40. The number of Topliss-reactive ketones (excluding diaryl/α,β-unsaturated/α-hetero) is 3. The maximum atomic E-state index is 14.5. The molecule has 1 saturated heterocycles. The maximum Gasteiger partial charge on any atom is 0.416 e. The number of aromatic nitrogens is 3. The number of ether oxygens (including phenoxy) is 6. The molecule has 109 heavy (non-hydrogen) atoms. The molecule has 0 unspecified atom stereocenters. The van der Waals surface area contributed by atoms with Crippen LogP contribution in [-0.4, -0.2) is 155 Å². The van der Waals surface area contributed by atoms with E-state index >= 15 is 0 Å². The van der Waals surface area contributed by atoms with Crippen LogP contribution in [0.25, 0.3) is 28.1 Å². The van der Waals surface area contributed by atoms with Gasteiger partial charge in [-0.05, 0) is 146 Å². The van der Waals surface area contributed by atoms with Crippen molar-refractivity contribution in [2.24, 2.45) is 24.3 Å². The number of amides is 6. The van der Waals surface area contributed by atoms with Gasteiger partial charge in [-0.2, -0.15) is 0 Å². The Morgan fingerprint density at radius 2 is 1.37 bits per heavy atom. The molecule has 0 radical (unpaired) electrons. The van der Waals surface area contributed by atoms with Crippen LogP contribution in [0.15, 0.2) is 128 Å². The van der Waals surface area contributed by atoms with Crippen LogP contribution in [-0.2, 0) is 66.5 Å². The Labute approximate surface area is 633 Å². The SMILES string of the molecule is COc1ccc(C2=CN3C(=O)c4cc(OC)c(OCCCCCOc5cc6c(cc5OC)C(=O)N5CC7(CC7)C[C@H]5[C@@H](O)N6C(=O)OCc5ccc(CC(=O)[C@H](C)NC(=O)[C@@H](CC(=O)CNC(=O)CCC(=O)CCC(=O)N6Cc7ccccc7-c7nnn(C)c7-c7ccccc76)C(C)C)cc5)cc4CC[C@@H]3C2)cc1. The van der Waals surface area contributed by atoms with Gasteiger partial charge in [-0.15, -0.1) is 5.10 Å². The summed E-state index contributed by atoms with van der Waals surface area (Å²) in [5.74, 6) is -1.48. The summed E-state index contributed by atoms with van der Waals surface area (Å²) in [6.45, 7) is 5.86. The summed E-state index contributed by atoms with van der Waals surface area (Å²) in [6, 6.07) is 35.1. The first kappa shape index (κ1) is 76.0. The molecule has 25 heteroatoms. The van der Waals surface area contributed by atoms with Gasteiger partial charge in [-0.3, -0.25) is 38.4 Å². The Morgan fingerprint density at radius 1 is 0.688 bits per heavy atom. The third kappa shape index (κ3) is 16.8. The van der Waals surface area contributed by atoms with E-state index in [0.717, 1.165) is 75.4 Å². The summed E-state index contributed by atoms with van der Waals surface area (Å²) in [4.78, 5) is 130. The Morgan fingerprint density at radius 3 is 2.07 bits per heavy atom. The average molecular weight is 1480 g/mol. The minimum Gasteiger partial charge on any atom is -0.497 e. The summed E-state index contributed by atoms with van der Waals surface area (Å²) in [5, 5.41) is 26.3. The lowest BCUT2D eigenvalue weighted by Gasteiger charge is -2.31. The lowest BCUT2D eigenvalue weighted by Crippen LogP contribution is -2.50. The largest absolute Gasteiger partial charge is 0.497 e. The van der Waals surface area contributed by atoms with Crippen molar-refractivity contribution in [3.63, 3.8) is 0 Å². The monoisotopic (exact) mass is 1480 g/mol. The number of methoxy groups -OCH3 is 3. The van der Waals surface area contributed by atoms with E-state index in [1.807, 2.05) is 90.0 Å². The van der Waals surface area contributed by atoms with Crippen molar-refractivity contribution in [1.29, 1.82) is 0 Å². The highest BCUT2D eigenvalue weighted by molar-refractivity contribution is 6.07. The van der Waals surface area contributed by atoms with Crippen LogP contribution in [0.5, 0.6) is 28.7 Å². The number of benzene rings is 6. The average Bonchev–Trinajstić information content (AvgIpc) is 1.57. The molecule has 1 aromatic heterocycles. The maximum absolute atomic E-state index is 14.5. The van der Waals surface area contributed by atoms with Crippen molar-refractivity contribution in [2.75, 3.05) is 57.4 Å². The van der Waals surface area contributed by atoms with Crippen LogP contribution in [0.3, 0.4) is 0 Å². The number of nitrogens with one attached hydrogen (secondary N) is 2. The Bertz CT molecular complexity index is 4680. The predicted octanol–water partition coefficient (Wildman–Crippen LogP) is 11.1. The van der Waals surface area contributed by atoms with Gasteiger partial charge in [0, 0.05) is 93.0 Å². The summed E-state index contributed by atoms with van der Waals surface area (Å²) in [7, 11) is 6.47. The number of aliphatic hydroxyl groups is 1. The van der Waals surface area contributed by atoms with Crippen molar-refractivity contribution >= 4 is 69.9 Å². The number of ketones is 3. The fourth-order valence-corrected chi connectivity index (χ4v) is 15.5. The minimum absolute atomic E-state index is 0.0371. The van der Waals surface area contributed by atoms with Gasteiger partial charge in [0.05, 0.1) is 82.3 Å². The molecule has 0 bridgehead atoms. The van der Waals surface area contributed by atoms with Crippen molar-refractivity contribution in [1.82, 2.24) is 35.4 Å². The summed E-state index contributed by atoms with van der Waals surface area (Å²) < 4.78 is 37.1. The number of unbranched alkanes of at least 4 members (excludes halogenated alkanes) is 2. The molecule has 570 valence electrons. The molecule has 1 aliphatic carbocycles. The molecule has 13 rings (SSSR count). The van der Waals surface area contributed by atoms with E-state index < -0.39 is 47.9 Å². The second-order valence-corrected chi connectivity index (χ2v) is 29.6. The number of para-hydroxylation sites is 1. The van der Waals surface area contributed by atoms with Gasteiger partial charge >= 0.3 is 6.09 Å². The van der Waals surface area contributed by atoms with Gasteiger partial charge in [0.2, 0.25) is 17.7 Å². The Kier molecular flexibility index (Phi) is 23.1. The van der Waals surface area contributed by atoms with E-state index in [0.29, 0.717) is 84.8 Å². The molecule has 5 aliphatic heterocycles. The van der Waals surface area contributed by atoms with E-state index in [2.05, 4.69) is 20.9 Å². The molecule has 7 aromatic rings. The van der Waals surface area contributed by atoms with Gasteiger partial charge in [-0.25, -0.2) is 14.4 Å². The molecule has 1 spiro atoms. The molecular weight excluding hydrogens is 1390 g/mol.